The summed E-state index contributed by atoms with van der Waals surface area (Å²) in [5, 5.41) is 3.41. The Balaban J connectivity index is 2.28. The minimum atomic E-state index is -0.577. The van der Waals surface area contributed by atoms with Crippen LogP contribution in [0.15, 0.2) is 24.3 Å². The van der Waals surface area contributed by atoms with E-state index in [-0.39, 0.29) is 11.8 Å². The summed E-state index contributed by atoms with van der Waals surface area (Å²) in [6, 6.07) is 8.11. The Labute approximate surface area is 109 Å². The first-order valence-electron chi connectivity index (χ1n) is 6.69. The van der Waals surface area contributed by atoms with Crippen LogP contribution < -0.4 is 11.1 Å². The molecule has 2 atom stereocenters. The van der Waals surface area contributed by atoms with Crippen molar-refractivity contribution in [3.63, 3.8) is 0 Å². The van der Waals surface area contributed by atoms with Gasteiger partial charge < -0.3 is 11.1 Å². The minimum Gasteiger partial charge on any atom is -0.371 e. The third-order valence-corrected chi connectivity index (χ3v) is 4.12. The van der Waals surface area contributed by atoms with Crippen LogP contribution in [0.25, 0.3) is 0 Å². The van der Waals surface area contributed by atoms with E-state index in [9.17, 15) is 4.79 Å². The van der Waals surface area contributed by atoms with Gasteiger partial charge >= 0.3 is 0 Å². The summed E-state index contributed by atoms with van der Waals surface area (Å²) in [6.45, 7) is 4.17. The number of rotatable bonds is 3. The van der Waals surface area contributed by atoms with Crippen molar-refractivity contribution in [3.05, 3.63) is 29.8 Å². The molecule has 3 heteroatoms. The SMILES string of the molecule is Cc1cccc(NC2(C(N)=O)CCCCC2C)c1. The van der Waals surface area contributed by atoms with E-state index in [0.717, 1.165) is 24.9 Å². The van der Waals surface area contributed by atoms with Crippen LogP contribution in [0.5, 0.6) is 0 Å². The molecule has 1 aromatic carbocycles. The maximum atomic E-state index is 11.9. The van der Waals surface area contributed by atoms with Crippen LogP contribution in [0.2, 0.25) is 0 Å². The zero-order valence-electron chi connectivity index (χ0n) is 11.2. The molecule has 0 aromatic heterocycles. The molecule has 0 radical (unpaired) electrons. The molecular formula is C15H22N2O. The van der Waals surface area contributed by atoms with Gasteiger partial charge in [0.15, 0.2) is 0 Å². The molecule has 3 N–H and O–H groups in total. The summed E-state index contributed by atoms with van der Waals surface area (Å²) < 4.78 is 0. The van der Waals surface area contributed by atoms with Crippen molar-refractivity contribution in [3.8, 4) is 0 Å². The van der Waals surface area contributed by atoms with Crippen LogP contribution in [0.1, 0.15) is 38.2 Å². The molecule has 18 heavy (non-hydrogen) atoms. The van der Waals surface area contributed by atoms with Crippen molar-refractivity contribution >= 4 is 11.6 Å². The van der Waals surface area contributed by atoms with Crippen LogP contribution in [0, 0.1) is 12.8 Å². The molecule has 1 saturated carbocycles. The summed E-state index contributed by atoms with van der Waals surface area (Å²) in [6.07, 6.45) is 4.14. The molecule has 1 aliphatic rings. The normalized spacial score (nSPS) is 27.8. The summed E-state index contributed by atoms with van der Waals surface area (Å²) in [5.74, 6) is 0.0560. The van der Waals surface area contributed by atoms with Crippen molar-refractivity contribution < 1.29 is 4.79 Å². The van der Waals surface area contributed by atoms with Crippen LogP contribution in [-0.4, -0.2) is 11.4 Å². The third kappa shape index (κ3) is 2.35. The van der Waals surface area contributed by atoms with Crippen molar-refractivity contribution in [2.24, 2.45) is 11.7 Å². The fourth-order valence-corrected chi connectivity index (χ4v) is 2.94. The fourth-order valence-electron chi connectivity index (χ4n) is 2.94. The quantitative estimate of drug-likeness (QED) is 0.861. The highest BCUT2D eigenvalue weighted by Gasteiger charge is 2.43. The van der Waals surface area contributed by atoms with Crippen LogP contribution in [0.4, 0.5) is 5.69 Å². The molecule has 3 nitrogen and oxygen atoms in total. The Morgan fingerprint density at radius 3 is 2.83 bits per heavy atom. The molecule has 1 aliphatic carbocycles. The maximum Gasteiger partial charge on any atom is 0.243 e. The lowest BCUT2D eigenvalue weighted by Gasteiger charge is -2.41. The second kappa shape index (κ2) is 5.01. The highest BCUT2D eigenvalue weighted by atomic mass is 16.1. The predicted octanol–water partition coefficient (Wildman–Crippen LogP) is 2.84. The molecule has 0 saturated heterocycles. The maximum absolute atomic E-state index is 11.9. The standard InChI is InChI=1S/C15H22N2O/c1-11-6-5-8-13(10-11)17-15(14(16)18)9-4-3-7-12(15)2/h5-6,8,10,12,17H,3-4,7,9H2,1-2H3,(H2,16,18). The van der Waals surface area contributed by atoms with Gasteiger partial charge in [-0.25, -0.2) is 0 Å². The van der Waals surface area contributed by atoms with Crippen LogP contribution in [-0.2, 0) is 4.79 Å². The van der Waals surface area contributed by atoms with Crippen molar-refractivity contribution in [2.45, 2.75) is 45.1 Å². The average Bonchev–Trinajstić information content (AvgIpc) is 2.32. The Morgan fingerprint density at radius 2 is 2.22 bits per heavy atom. The van der Waals surface area contributed by atoms with Gasteiger partial charge in [0.2, 0.25) is 5.91 Å². The molecular weight excluding hydrogens is 224 g/mol. The number of hydrogen-bond donors (Lipinski definition) is 2. The lowest BCUT2D eigenvalue weighted by atomic mass is 9.73. The Morgan fingerprint density at radius 1 is 1.44 bits per heavy atom. The first-order valence-corrected chi connectivity index (χ1v) is 6.69. The molecule has 1 amide bonds. The summed E-state index contributed by atoms with van der Waals surface area (Å²) in [4.78, 5) is 11.9. The number of anilines is 1. The number of nitrogens with one attached hydrogen (secondary N) is 1. The van der Waals surface area contributed by atoms with Crippen LogP contribution in [0.3, 0.4) is 0 Å². The molecule has 98 valence electrons. The van der Waals surface area contributed by atoms with Gasteiger partial charge in [-0.05, 0) is 43.4 Å². The summed E-state index contributed by atoms with van der Waals surface area (Å²) in [7, 11) is 0. The molecule has 2 rings (SSSR count). The largest absolute Gasteiger partial charge is 0.371 e. The number of primary amides is 1. The molecule has 2 unspecified atom stereocenters. The summed E-state index contributed by atoms with van der Waals surface area (Å²) >= 11 is 0. The highest BCUT2D eigenvalue weighted by molar-refractivity contribution is 5.88. The van der Waals surface area contributed by atoms with Gasteiger partial charge in [0.05, 0.1) is 0 Å². The predicted molar refractivity (Wildman–Crippen MR) is 74.4 cm³/mol. The Kier molecular flexibility index (Phi) is 3.60. The van der Waals surface area contributed by atoms with E-state index < -0.39 is 5.54 Å². The van der Waals surface area contributed by atoms with Gasteiger partial charge in [-0.3, -0.25) is 4.79 Å². The van der Waals surface area contributed by atoms with Crippen molar-refractivity contribution in [2.75, 3.05) is 5.32 Å². The number of amides is 1. The van der Waals surface area contributed by atoms with Crippen molar-refractivity contribution in [1.82, 2.24) is 0 Å². The molecule has 0 aliphatic heterocycles. The van der Waals surface area contributed by atoms with Gasteiger partial charge in [-0.2, -0.15) is 0 Å². The highest BCUT2D eigenvalue weighted by Crippen LogP contribution is 2.36. The fraction of sp³-hybridized carbons (Fsp3) is 0.533. The van der Waals surface area contributed by atoms with E-state index in [2.05, 4.69) is 18.3 Å². The van der Waals surface area contributed by atoms with Gasteiger partial charge in [-0.1, -0.05) is 31.9 Å². The number of aryl methyl sites for hydroxylation is 1. The molecule has 0 spiro atoms. The second-order valence-electron chi connectivity index (χ2n) is 5.48. The number of carbonyl (C=O) groups is 1. The zero-order valence-corrected chi connectivity index (χ0v) is 11.2. The lowest BCUT2D eigenvalue weighted by molar-refractivity contribution is -0.124. The Hall–Kier alpha value is -1.51. The topological polar surface area (TPSA) is 55.1 Å². The van der Waals surface area contributed by atoms with Gasteiger partial charge in [-0.15, -0.1) is 0 Å². The monoisotopic (exact) mass is 246 g/mol. The van der Waals surface area contributed by atoms with E-state index in [1.807, 2.05) is 25.1 Å². The smallest absolute Gasteiger partial charge is 0.243 e. The lowest BCUT2D eigenvalue weighted by Crippen LogP contribution is -2.56. The first kappa shape index (κ1) is 12.9. The molecule has 1 aromatic rings. The van der Waals surface area contributed by atoms with Gasteiger partial charge in [0, 0.05) is 5.69 Å². The average molecular weight is 246 g/mol. The molecule has 1 fully saturated rings. The van der Waals surface area contributed by atoms with Crippen molar-refractivity contribution in [1.29, 1.82) is 0 Å². The Bertz CT molecular complexity index is 444. The number of nitrogens with two attached hydrogens (primary N) is 1. The van der Waals surface area contributed by atoms with E-state index in [1.165, 1.54) is 12.0 Å². The van der Waals surface area contributed by atoms with E-state index >= 15 is 0 Å². The van der Waals surface area contributed by atoms with Gasteiger partial charge in [0.25, 0.3) is 0 Å². The summed E-state index contributed by atoms with van der Waals surface area (Å²) in [5.41, 5.74) is 7.27. The van der Waals surface area contributed by atoms with Crippen LogP contribution >= 0.6 is 0 Å². The van der Waals surface area contributed by atoms with Gasteiger partial charge in [0.1, 0.15) is 5.54 Å². The first-order chi connectivity index (χ1) is 8.54. The minimum absolute atomic E-state index is 0.226. The molecule has 0 bridgehead atoms. The van der Waals surface area contributed by atoms with E-state index in [0.29, 0.717) is 0 Å². The molecule has 0 heterocycles. The number of carbonyl (C=O) groups excluding carboxylic acids is 1. The van der Waals surface area contributed by atoms with E-state index in [1.54, 1.807) is 0 Å². The van der Waals surface area contributed by atoms with E-state index in [4.69, 9.17) is 5.73 Å². The zero-order chi connectivity index (χ0) is 13.2. The number of benzene rings is 1. The third-order valence-electron chi connectivity index (χ3n) is 4.12. The second-order valence-corrected chi connectivity index (χ2v) is 5.48. The number of hydrogen-bond acceptors (Lipinski definition) is 2.